The molecule has 4 heteroatoms. The van der Waals surface area contributed by atoms with Gasteiger partial charge in [0, 0.05) is 13.0 Å². The van der Waals surface area contributed by atoms with Gasteiger partial charge in [0.25, 0.3) is 5.91 Å². The number of aryl methyl sites for hydroxylation is 2. The highest BCUT2D eigenvalue weighted by molar-refractivity contribution is 5.95. The topological polar surface area (TPSA) is 54.9 Å². The molecule has 1 aromatic heterocycles. The van der Waals surface area contributed by atoms with Crippen LogP contribution in [-0.2, 0) is 6.42 Å². The van der Waals surface area contributed by atoms with E-state index in [0.29, 0.717) is 18.5 Å². The summed E-state index contributed by atoms with van der Waals surface area (Å²) in [5.41, 5.74) is 2.12. The summed E-state index contributed by atoms with van der Waals surface area (Å²) >= 11 is 0. The fourth-order valence-corrected chi connectivity index (χ4v) is 1.62. The van der Waals surface area contributed by atoms with E-state index in [2.05, 4.69) is 21.4 Å². The summed E-state index contributed by atoms with van der Waals surface area (Å²) < 4.78 is 0. The average Bonchev–Trinajstić information content (AvgIpc) is 2.38. The quantitative estimate of drug-likeness (QED) is 0.615. The van der Waals surface area contributed by atoms with E-state index in [1.807, 2.05) is 13.8 Å². The smallest absolute Gasteiger partial charge is 0.253 e. The molecule has 4 nitrogen and oxygen atoms in total. The van der Waals surface area contributed by atoms with E-state index in [9.17, 15) is 4.79 Å². The SMILES string of the molecule is C#CCCCCNC(=O)c1cc(C)nnc1CC. The predicted octanol–water partition coefficient (Wildman–Crippen LogP) is 1.88. The molecule has 0 spiro atoms. The molecule has 0 saturated heterocycles. The molecule has 1 heterocycles. The van der Waals surface area contributed by atoms with Gasteiger partial charge in [-0.15, -0.1) is 12.3 Å². The molecule has 0 aliphatic carbocycles. The van der Waals surface area contributed by atoms with E-state index in [4.69, 9.17) is 6.42 Å². The Labute approximate surface area is 108 Å². The Morgan fingerprint density at radius 3 is 2.89 bits per heavy atom. The van der Waals surface area contributed by atoms with Gasteiger partial charge in [-0.2, -0.15) is 10.2 Å². The minimum Gasteiger partial charge on any atom is -0.352 e. The molecular weight excluding hydrogens is 226 g/mol. The van der Waals surface area contributed by atoms with Crippen LogP contribution in [0.15, 0.2) is 6.07 Å². The number of terminal acetylenes is 1. The molecule has 18 heavy (non-hydrogen) atoms. The van der Waals surface area contributed by atoms with Gasteiger partial charge in [-0.05, 0) is 32.3 Å². The van der Waals surface area contributed by atoms with Crippen LogP contribution in [-0.4, -0.2) is 22.6 Å². The fourth-order valence-electron chi connectivity index (χ4n) is 1.62. The van der Waals surface area contributed by atoms with Crippen molar-refractivity contribution in [3.8, 4) is 12.3 Å². The standard InChI is InChI=1S/C14H19N3O/c1-4-6-7-8-9-15-14(18)12-10-11(3)16-17-13(12)5-2/h1,10H,5-9H2,2-3H3,(H,15,18). The van der Waals surface area contributed by atoms with Gasteiger partial charge < -0.3 is 5.32 Å². The summed E-state index contributed by atoms with van der Waals surface area (Å²) in [5, 5.41) is 10.9. The first kappa shape index (κ1) is 14.2. The lowest BCUT2D eigenvalue weighted by atomic mass is 10.1. The molecule has 0 aliphatic heterocycles. The van der Waals surface area contributed by atoms with Crippen LogP contribution in [0.1, 0.15) is 47.9 Å². The molecule has 1 amide bonds. The van der Waals surface area contributed by atoms with Crippen molar-refractivity contribution in [2.45, 2.75) is 39.5 Å². The minimum atomic E-state index is -0.0782. The van der Waals surface area contributed by atoms with E-state index in [-0.39, 0.29) is 5.91 Å². The molecule has 0 aliphatic rings. The van der Waals surface area contributed by atoms with Crippen LogP contribution in [0, 0.1) is 19.3 Å². The van der Waals surface area contributed by atoms with Crippen LogP contribution in [0.2, 0.25) is 0 Å². The Morgan fingerprint density at radius 1 is 1.44 bits per heavy atom. The van der Waals surface area contributed by atoms with Crippen molar-refractivity contribution in [3.05, 3.63) is 23.0 Å². The second-order valence-electron chi connectivity index (χ2n) is 4.12. The zero-order valence-electron chi connectivity index (χ0n) is 11.0. The summed E-state index contributed by atoms with van der Waals surface area (Å²) in [5.74, 6) is 2.50. The van der Waals surface area contributed by atoms with Crippen LogP contribution < -0.4 is 5.32 Å². The van der Waals surface area contributed by atoms with Crippen LogP contribution in [0.3, 0.4) is 0 Å². The van der Waals surface area contributed by atoms with Crippen molar-refractivity contribution in [1.82, 2.24) is 15.5 Å². The van der Waals surface area contributed by atoms with Gasteiger partial charge in [0.1, 0.15) is 0 Å². The number of hydrogen-bond donors (Lipinski definition) is 1. The molecule has 0 unspecified atom stereocenters. The van der Waals surface area contributed by atoms with Crippen molar-refractivity contribution in [2.75, 3.05) is 6.54 Å². The van der Waals surface area contributed by atoms with Crippen molar-refractivity contribution < 1.29 is 4.79 Å². The van der Waals surface area contributed by atoms with E-state index < -0.39 is 0 Å². The van der Waals surface area contributed by atoms with Gasteiger partial charge in [-0.1, -0.05) is 6.92 Å². The second-order valence-corrected chi connectivity index (χ2v) is 4.12. The molecular formula is C14H19N3O. The van der Waals surface area contributed by atoms with Crippen molar-refractivity contribution >= 4 is 5.91 Å². The van der Waals surface area contributed by atoms with Gasteiger partial charge in [-0.25, -0.2) is 0 Å². The zero-order chi connectivity index (χ0) is 13.4. The van der Waals surface area contributed by atoms with E-state index in [1.165, 1.54) is 0 Å². The highest BCUT2D eigenvalue weighted by atomic mass is 16.1. The van der Waals surface area contributed by atoms with Crippen molar-refractivity contribution in [2.24, 2.45) is 0 Å². The van der Waals surface area contributed by atoms with Gasteiger partial charge >= 0.3 is 0 Å². The maximum Gasteiger partial charge on any atom is 0.253 e. The molecule has 0 bridgehead atoms. The Balaban J connectivity index is 2.56. The lowest BCUT2D eigenvalue weighted by molar-refractivity contribution is 0.0951. The van der Waals surface area contributed by atoms with Crippen LogP contribution in [0.4, 0.5) is 0 Å². The fraction of sp³-hybridized carbons (Fsp3) is 0.500. The van der Waals surface area contributed by atoms with Gasteiger partial charge in [-0.3, -0.25) is 4.79 Å². The Hall–Kier alpha value is -1.89. The molecule has 0 radical (unpaired) electrons. The van der Waals surface area contributed by atoms with Gasteiger partial charge in [0.05, 0.1) is 17.0 Å². The van der Waals surface area contributed by atoms with Crippen LogP contribution in [0.5, 0.6) is 0 Å². The highest BCUT2D eigenvalue weighted by Gasteiger charge is 2.11. The van der Waals surface area contributed by atoms with E-state index in [0.717, 1.165) is 30.7 Å². The van der Waals surface area contributed by atoms with Crippen LogP contribution >= 0.6 is 0 Å². The number of aromatic nitrogens is 2. The number of amides is 1. The van der Waals surface area contributed by atoms with Crippen molar-refractivity contribution in [3.63, 3.8) is 0 Å². The molecule has 0 saturated carbocycles. The second kappa shape index (κ2) is 7.44. The van der Waals surface area contributed by atoms with Crippen molar-refractivity contribution in [1.29, 1.82) is 0 Å². The zero-order valence-corrected chi connectivity index (χ0v) is 11.0. The number of carbonyl (C=O) groups is 1. The summed E-state index contributed by atoms with van der Waals surface area (Å²) in [6.45, 7) is 4.43. The molecule has 0 aromatic carbocycles. The molecule has 0 fully saturated rings. The lowest BCUT2D eigenvalue weighted by Crippen LogP contribution is -2.26. The minimum absolute atomic E-state index is 0.0782. The molecule has 0 atom stereocenters. The van der Waals surface area contributed by atoms with E-state index >= 15 is 0 Å². The maximum atomic E-state index is 12.0. The number of nitrogens with one attached hydrogen (secondary N) is 1. The normalized spacial score (nSPS) is 9.83. The third kappa shape index (κ3) is 4.17. The third-order valence-electron chi connectivity index (χ3n) is 2.61. The first-order valence-electron chi connectivity index (χ1n) is 6.24. The number of unbranched alkanes of at least 4 members (excludes halogenated alkanes) is 2. The molecule has 1 aromatic rings. The summed E-state index contributed by atoms with van der Waals surface area (Å²) in [4.78, 5) is 12.0. The predicted molar refractivity (Wildman–Crippen MR) is 71.2 cm³/mol. The maximum absolute atomic E-state index is 12.0. The lowest BCUT2D eigenvalue weighted by Gasteiger charge is -2.08. The number of hydrogen-bond acceptors (Lipinski definition) is 3. The number of carbonyl (C=O) groups excluding carboxylic acids is 1. The molecule has 1 N–H and O–H groups in total. The molecule has 96 valence electrons. The average molecular weight is 245 g/mol. The summed E-state index contributed by atoms with van der Waals surface area (Å²) in [7, 11) is 0. The summed E-state index contributed by atoms with van der Waals surface area (Å²) in [6.07, 6.45) is 8.45. The largest absolute Gasteiger partial charge is 0.352 e. The Morgan fingerprint density at radius 2 is 2.22 bits per heavy atom. The van der Waals surface area contributed by atoms with Crippen LogP contribution in [0.25, 0.3) is 0 Å². The first-order valence-corrected chi connectivity index (χ1v) is 6.24. The highest BCUT2D eigenvalue weighted by Crippen LogP contribution is 2.07. The third-order valence-corrected chi connectivity index (χ3v) is 2.61. The van der Waals surface area contributed by atoms with E-state index in [1.54, 1.807) is 6.07 Å². The first-order chi connectivity index (χ1) is 8.69. The van der Waals surface area contributed by atoms with Gasteiger partial charge in [0.15, 0.2) is 0 Å². The Kier molecular flexibility index (Phi) is 5.86. The summed E-state index contributed by atoms with van der Waals surface area (Å²) in [6, 6.07) is 1.78. The molecule has 1 rings (SSSR count). The number of nitrogens with zero attached hydrogens (tertiary/aromatic N) is 2. The number of rotatable bonds is 6. The Bertz CT molecular complexity index is 449. The van der Waals surface area contributed by atoms with Gasteiger partial charge in [0.2, 0.25) is 0 Å². The monoisotopic (exact) mass is 245 g/mol.